The molecule has 1 nitrogen and oxygen atoms in total. The van der Waals surface area contributed by atoms with E-state index in [0.717, 1.165) is 12.1 Å². The third-order valence-electron chi connectivity index (χ3n) is 2.96. The average Bonchev–Trinajstić information content (AvgIpc) is 2.44. The number of rotatable bonds is 4. The molecular formula is C16H13BrF3NU. The first kappa shape index (κ1) is 19.6. The van der Waals surface area contributed by atoms with Gasteiger partial charge in [0.05, 0.1) is 0 Å². The first-order valence-corrected chi connectivity index (χ1v) is 7.26. The third-order valence-corrected chi connectivity index (χ3v) is 3.40. The predicted molar refractivity (Wildman–Crippen MR) is 78.7 cm³/mol. The second kappa shape index (κ2) is 8.42. The van der Waals surface area contributed by atoms with Crippen LogP contribution in [0.25, 0.3) is 0 Å². The quantitative estimate of drug-likeness (QED) is 0.358. The van der Waals surface area contributed by atoms with Crippen LogP contribution in [0.3, 0.4) is 0 Å². The molecule has 2 aromatic rings. The van der Waals surface area contributed by atoms with Crippen molar-refractivity contribution in [3.8, 4) is 0 Å². The summed E-state index contributed by atoms with van der Waals surface area (Å²) in [5, 5.41) is 0. The Kier molecular flexibility index (Phi) is 7.51. The van der Waals surface area contributed by atoms with Crippen molar-refractivity contribution in [2.45, 2.75) is 25.9 Å². The van der Waals surface area contributed by atoms with Crippen LogP contribution in [-0.2, 0) is 19.0 Å². The molecule has 0 aliphatic heterocycles. The molecule has 0 spiro atoms. The first-order chi connectivity index (χ1) is 9.88. The van der Waals surface area contributed by atoms with E-state index in [9.17, 15) is 13.2 Å². The Balaban J connectivity index is 0.00000242. The summed E-state index contributed by atoms with van der Waals surface area (Å²) in [6, 6.07) is 10.7. The topological polar surface area (TPSA) is 12.9 Å². The number of alkyl halides is 3. The van der Waals surface area contributed by atoms with Gasteiger partial charge in [-0.05, 0) is 22.0 Å². The minimum absolute atomic E-state index is 0. The molecule has 0 aliphatic rings. The molecule has 0 saturated carbocycles. The van der Waals surface area contributed by atoms with Crippen molar-refractivity contribution < 1.29 is 44.3 Å². The molecule has 0 atom stereocenters. The molecule has 22 heavy (non-hydrogen) atoms. The second-order valence-corrected chi connectivity index (χ2v) is 5.38. The number of halogens is 4. The smallest absolute Gasteiger partial charge is 0.280 e. The molecule has 0 radical (unpaired) electrons. The average molecular weight is 594 g/mol. The molecule has 114 valence electrons. The molecule has 0 aliphatic carbocycles. The summed E-state index contributed by atoms with van der Waals surface area (Å²) < 4.78 is 39.3. The molecule has 0 bridgehead atoms. The van der Waals surface area contributed by atoms with E-state index in [4.69, 9.17) is 0 Å². The maximum atomic E-state index is 12.9. The summed E-state index contributed by atoms with van der Waals surface area (Å²) in [5.41, 5.74) is 1.18. The van der Waals surface area contributed by atoms with Gasteiger partial charge in [0.15, 0.2) is 0 Å². The van der Waals surface area contributed by atoms with Gasteiger partial charge < -0.3 is 0 Å². The van der Waals surface area contributed by atoms with Crippen LogP contribution in [0.5, 0.6) is 0 Å². The van der Waals surface area contributed by atoms with Crippen molar-refractivity contribution in [1.82, 2.24) is 4.98 Å². The van der Waals surface area contributed by atoms with Crippen LogP contribution >= 0.6 is 15.9 Å². The zero-order valence-corrected chi connectivity index (χ0v) is 17.6. The van der Waals surface area contributed by atoms with Crippen LogP contribution in [0.1, 0.15) is 29.3 Å². The number of aromatic nitrogens is 1. The van der Waals surface area contributed by atoms with Crippen LogP contribution in [0.15, 0.2) is 34.9 Å². The van der Waals surface area contributed by atoms with E-state index < -0.39 is 11.7 Å². The van der Waals surface area contributed by atoms with Gasteiger partial charge in [0.2, 0.25) is 0 Å². The normalized spacial score (nSPS) is 11.0. The van der Waals surface area contributed by atoms with Gasteiger partial charge in [0.1, 0.15) is 4.60 Å². The molecule has 6 heteroatoms. The maximum Gasteiger partial charge on any atom is 2.00 e. The van der Waals surface area contributed by atoms with Crippen LogP contribution in [0.4, 0.5) is 13.2 Å². The molecule has 0 fully saturated rings. The number of hydrogen-bond acceptors (Lipinski definition) is 1. The van der Waals surface area contributed by atoms with Gasteiger partial charge in [0.25, 0.3) is 0 Å². The Morgan fingerprint density at radius 2 is 1.91 bits per heavy atom. The zero-order chi connectivity index (χ0) is 15.5. The Morgan fingerprint density at radius 1 is 1.23 bits per heavy atom. The van der Waals surface area contributed by atoms with E-state index in [2.05, 4.69) is 27.0 Å². The maximum absolute atomic E-state index is 12.9. The van der Waals surface area contributed by atoms with E-state index in [1.807, 2.05) is 13.0 Å². The number of hydrogen-bond donors (Lipinski definition) is 0. The van der Waals surface area contributed by atoms with Crippen molar-refractivity contribution in [2.75, 3.05) is 0 Å². The summed E-state index contributed by atoms with van der Waals surface area (Å²) in [6.45, 7) is 1.81. The van der Waals surface area contributed by atoms with Crippen LogP contribution < -0.4 is 0 Å². The van der Waals surface area contributed by atoms with Gasteiger partial charge in [-0.25, -0.2) is 6.42 Å². The molecule has 1 aromatic carbocycles. The summed E-state index contributed by atoms with van der Waals surface area (Å²) in [6.07, 6.45) is -1.66. The molecule has 1 heterocycles. The number of aryl methyl sites for hydroxylation is 1. The fraction of sp³-hybridized carbons (Fsp3) is 0.250. The van der Waals surface area contributed by atoms with E-state index in [-0.39, 0.29) is 31.1 Å². The van der Waals surface area contributed by atoms with Gasteiger partial charge in [-0.2, -0.15) is 48.6 Å². The van der Waals surface area contributed by atoms with Gasteiger partial charge in [-0.15, -0.1) is 6.07 Å². The van der Waals surface area contributed by atoms with Crippen molar-refractivity contribution in [2.24, 2.45) is 0 Å². The molecule has 0 amide bonds. The zero-order valence-electron chi connectivity index (χ0n) is 11.8. The van der Waals surface area contributed by atoms with Gasteiger partial charge in [-0.1, -0.05) is 31.0 Å². The predicted octanol–water partition coefficient (Wildman–Crippen LogP) is 5.02. The van der Waals surface area contributed by atoms with E-state index in [1.54, 1.807) is 18.6 Å². The molecule has 0 saturated heterocycles. The monoisotopic (exact) mass is 593 g/mol. The third kappa shape index (κ3) is 5.64. The largest absolute Gasteiger partial charge is 2.00 e. The Labute approximate surface area is 160 Å². The van der Waals surface area contributed by atoms with Crippen molar-refractivity contribution >= 4 is 15.9 Å². The van der Waals surface area contributed by atoms with Crippen molar-refractivity contribution in [3.05, 3.63) is 69.8 Å². The Bertz CT molecular complexity index is 629. The van der Waals surface area contributed by atoms with Crippen molar-refractivity contribution in [3.63, 3.8) is 0 Å². The second-order valence-electron chi connectivity index (χ2n) is 4.56. The van der Waals surface area contributed by atoms with Gasteiger partial charge in [0, 0.05) is 0 Å². The van der Waals surface area contributed by atoms with E-state index >= 15 is 0 Å². The van der Waals surface area contributed by atoms with E-state index in [0.29, 0.717) is 34.3 Å². The summed E-state index contributed by atoms with van der Waals surface area (Å²) >= 11 is 3.26. The van der Waals surface area contributed by atoms with Crippen LogP contribution in [0, 0.1) is 43.6 Å². The minimum Gasteiger partial charge on any atom is -0.280 e. The van der Waals surface area contributed by atoms with Crippen molar-refractivity contribution in [1.29, 1.82) is 0 Å². The summed E-state index contributed by atoms with van der Waals surface area (Å²) in [5.74, 6) is 0. The summed E-state index contributed by atoms with van der Waals surface area (Å²) in [7, 11) is 0. The fourth-order valence-corrected chi connectivity index (χ4v) is 2.27. The standard InChI is InChI=1S/C16H13BrF3N.U/c1-2-11-8-12(10-13(9-11)16(18,19)20)6-7-14-4-3-5-15(17)21-14;/h3-5,7,9-10H,2,6H2,1H3;/q-2;+2. The van der Waals surface area contributed by atoms with E-state index in [1.165, 1.54) is 0 Å². The SMILES string of the molecule is CCc1[c-]c(C[CH-]c2cccc(Br)n2)cc(C(F)(F)F)c1.[U+2]. The van der Waals surface area contributed by atoms with Crippen LogP contribution in [-0.4, -0.2) is 4.98 Å². The molecule has 2 rings (SSSR count). The Morgan fingerprint density at radius 3 is 2.50 bits per heavy atom. The molecule has 1 aromatic heterocycles. The number of nitrogens with zero attached hydrogens (tertiary/aromatic N) is 1. The van der Waals surface area contributed by atoms with Gasteiger partial charge >= 0.3 is 37.3 Å². The van der Waals surface area contributed by atoms with Gasteiger partial charge in [-0.3, -0.25) is 4.98 Å². The number of pyridine rings is 1. The first-order valence-electron chi connectivity index (χ1n) is 6.46. The molecular weight excluding hydrogens is 581 g/mol. The summed E-state index contributed by atoms with van der Waals surface area (Å²) in [4.78, 5) is 4.23. The van der Waals surface area contributed by atoms with Crippen LogP contribution in [0.2, 0.25) is 0 Å². The fourth-order valence-electron chi connectivity index (χ4n) is 1.91. The molecule has 0 unspecified atom stereocenters. The minimum atomic E-state index is -4.33. The Hall–Kier alpha value is -0.438. The number of benzene rings is 1. The molecule has 0 N–H and O–H groups in total.